The van der Waals surface area contributed by atoms with E-state index in [4.69, 9.17) is 0 Å². The molecule has 0 atom stereocenters. The van der Waals surface area contributed by atoms with Crippen LogP contribution in [0.3, 0.4) is 0 Å². The number of likely N-dealkylation sites (tertiary alicyclic amines) is 2. The molecule has 7 heterocycles. The summed E-state index contributed by atoms with van der Waals surface area (Å²) in [6.45, 7) is 3.34. The number of fused-ring (bicyclic) bond motifs is 2. The molecule has 246 valence electrons. The highest BCUT2D eigenvalue weighted by molar-refractivity contribution is 9.10. The van der Waals surface area contributed by atoms with Crippen LogP contribution < -0.4 is 11.4 Å². The summed E-state index contributed by atoms with van der Waals surface area (Å²) in [6.07, 6.45) is 7.58. The van der Waals surface area contributed by atoms with Crippen LogP contribution in [0.5, 0.6) is 0 Å². The number of aromatic nitrogens is 11. The van der Waals surface area contributed by atoms with E-state index in [0.717, 1.165) is 37.1 Å². The van der Waals surface area contributed by atoms with E-state index in [-0.39, 0.29) is 23.2 Å². The van der Waals surface area contributed by atoms with Gasteiger partial charge in [0.2, 0.25) is 11.8 Å². The Bertz CT molecular complexity index is 2220. The summed E-state index contributed by atoms with van der Waals surface area (Å²) in [4.78, 5) is 78.0. The maximum absolute atomic E-state index is 12.4. The molecule has 0 bridgehead atoms. The Morgan fingerprint density at radius 3 is 1.79 bits per heavy atom. The van der Waals surface area contributed by atoms with Crippen LogP contribution in [0.4, 0.5) is 0 Å². The Labute approximate surface area is 279 Å². The van der Waals surface area contributed by atoms with Crippen LogP contribution in [0.15, 0.2) is 57.2 Å². The minimum atomic E-state index is -0.274. The minimum Gasteiger partial charge on any atom is -0.341 e. The molecule has 2 fully saturated rings. The molecule has 0 aliphatic carbocycles. The smallest absolute Gasteiger partial charge is 0.328 e. The number of H-pyrrole nitrogens is 3. The SMILES string of the molecule is O=C1CCCN1CCn1c(=O)[nH]c2ncc(-c3ccc(-c4ncn[nH]4)cc3)nc21.O=C1CCCN1CCn1c(=O)[nH]c2ncc(Br)nc21. The van der Waals surface area contributed by atoms with E-state index < -0.39 is 0 Å². The van der Waals surface area contributed by atoms with E-state index in [0.29, 0.717) is 77.7 Å². The molecule has 1 aromatic carbocycles. The van der Waals surface area contributed by atoms with Crippen molar-refractivity contribution in [2.45, 2.75) is 38.8 Å². The third-order valence-corrected chi connectivity index (χ3v) is 8.71. The van der Waals surface area contributed by atoms with E-state index in [1.165, 1.54) is 17.1 Å². The van der Waals surface area contributed by atoms with Gasteiger partial charge >= 0.3 is 11.4 Å². The Hall–Kier alpha value is -5.52. The predicted molar refractivity (Wildman–Crippen MR) is 176 cm³/mol. The molecular weight excluding hydrogens is 686 g/mol. The van der Waals surface area contributed by atoms with Gasteiger partial charge in [0.1, 0.15) is 10.9 Å². The molecule has 2 aliphatic rings. The second kappa shape index (κ2) is 13.3. The van der Waals surface area contributed by atoms with Gasteiger partial charge in [0.25, 0.3) is 0 Å². The third-order valence-electron chi connectivity index (χ3n) is 8.33. The lowest BCUT2D eigenvalue weighted by molar-refractivity contribution is -0.128. The molecule has 18 heteroatoms. The fourth-order valence-corrected chi connectivity index (χ4v) is 6.11. The van der Waals surface area contributed by atoms with Crippen LogP contribution in [0.1, 0.15) is 25.7 Å². The molecule has 0 unspecified atom stereocenters. The van der Waals surface area contributed by atoms with E-state index in [2.05, 4.69) is 61.0 Å². The lowest BCUT2D eigenvalue weighted by atomic mass is 10.1. The fourth-order valence-electron chi connectivity index (χ4n) is 5.84. The van der Waals surface area contributed by atoms with Gasteiger partial charge in [-0.15, -0.1) is 0 Å². The lowest BCUT2D eigenvalue weighted by Gasteiger charge is -2.15. The zero-order valence-corrected chi connectivity index (χ0v) is 27.2. The first-order valence-corrected chi connectivity index (χ1v) is 16.2. The number of hydrogen-bond acceptors (Lipinski definition) is 10. The first kappa shape index (κ1) is 31.1. The van der Waals surface area contributed by atoms with Crippen molar-refractivity contribution in [3.05, 3.63) is 68.6 Å². The Morgan fingerprint density at radius 2 is 1.25 bits per heavy atom. The highest BCUT2D eigenvalue weighted by atomic mass is 79.9. The topological polar surface area (TPSA) is 209 Å². The molecule has 0 radical (unpaired) electrons. The largest absolute Gasteiger partial charge is 0.341 e. The van der Waals surface area contributed by atoms with Crippen LogP contribution in [0, 0.1) is 0 Å². The average molecular weight is 717 g/mol. The number of aromatic amines is 3. The van der Waals surface area contributed by atoms with E-state index in [9.17, 15) is 19.2 Å². The third kappa shape index (κ3) is 6.38. The minimum absolute atomic E-state index is 0.136. The van der Waals surface area contributed by atoms with Gasteiger partial charge in [-0.3, -0.25) is 33.8 Å². The number of nitrogens with zero attached hydrogens (tertiary/aromatic N) is 10. The van der Waals surface area contributed by atoms with Crippen LogP contribution >= 0.6 is 15.9 Å². The number of carbonyl (C=O) groups excluding carboxylic acids is 2. The number of rotatable bonds is 8. The van der Waals surface area contributed by atoms with Gasteiger partial charge < -0.3 is 9.80 Å². The van der Waals surface area contributed by atoms with Crippen molar-refractivity contribution in [1.82, 2.24) is 64.0 Å². The highest BCUT2D eigenvalue weighted by Gasteiger charge is 2.22. The Balaban J connectivity index is 0.000000166. The molecule has 2 amide bonds. The molecule has 0 saturated carbocycles. The van der Waals surface area contributed by atoms with Gasteiger partial charge in [-0.25, -0.2) is 34.5 Å². The van der Waals surface area contributed by atoms with Crippen molar-refractivity contribution >= 4 is 50.3 Å². The number of carbonyl (C=O) groups is 2. The zero-order chi connectivity index (χ0) is 33.2. The summed E-state index contributed by atoms with van der Waals surface area (Å²) in [6, 6.07) is 7.69. The fraction of sp³-hybridized carbons (Fsp3) is 0.333. The molecule has 2 saturated heterocycles. The van der Waals surface area contributed by atoms with Crippen LogP contribution in [-0.4, -0.2) is 102 Å². The standard InChI is InChI=1S/C19H18N8O2.C11H12BrN5O2/c28-15-2-1-7-26(15)8-9-27-18-17(24-19(27)29)20-10-14(23-18)12-3-5-13(6-4-12)16-21-11-22-25-16;12-7-6-13-9-10(14-7)17(11(19)15-9)5-4-16-3-1-2-8(16)18/h3-6,10-11H,1-2,7-9H2,(H,20,24,29)(H,21,22,25);6H,1-5H2,(H,13,15,19). The highest BCUT2D eigenvalue weighted by Crippen LogP contribution is 2.22. The Kier molecular flexibility index (Phi) is 8.62. The number of amides is 2. The summed E-state index contributed by atoms with van der Waals surface area (Å²) in [5.41, 5.74) is 3.80. The predicted octanol–water partition coefficient (Wildman–Crippen LogP) is 1.70. The van der Waals surface area contributed by atoms with Crippen molar-refractivity contribution in [3.8, 4) is 22.6 Å². The van der Waals surface area contributed by atoms with Crippen molar-refractivity contribution in [2.24, 2.45) is 0 Å². The maximum atomic E-state index is 12.4. The molecular formula is C30H30BrN13O4. The van der Waals surface area contributed by atoms with E-state index in [1.807, 2.05) is 24.3 Å². The van der Waals surface area contributed by atoms with Crippen molar-refractivity contribution in [3.63, 3.8) is 0 Å². The number of hydrogen-bond donors (Lipinski definition) is 3. The summed E-state index contributed by atoms with van der Waals surface area (Å²) in [5, 5.41) is 6.69. The van der Waals surface area contributed by atoms with Gasteiger partial charge in [-0.05, 0) is 28.8 Å². The quantitative estimate of drug-likeness (QED) is 0.208. The number of halogens is 1. The second-order valence-corrected chi connectivity index (χ2v) is 12.1. The summed E-state index contributed by atoms with van der Waals surface area (Å²) >= 11 is 3.24. The van der Waals surface area contributed by atoms with Gasteiger partial charge in [0.15, 0.2) is 28.4 Å². The molecule has 3 N–H and O–H groups in total. The summed E-state index contributed by atoms with van der Waals surface area (Å²) in [5.74, 6) is 0.977. The molecule has 8 rings (SSSR count). The number of nitrogens with one attached hydrogen (secondary N) is 3. The van der Waals surface area contributed by atoms with Gasteiger partial charge in [0, 0.05) is 63.2 Å². The Morgan fingerprint density at radius 1 is 0.688 bits per heavy atom. The molecule has 2 aliphatic heterocycles. The lowest BCUT2D eigenvalue weighted by Crippen LogP contribution is -2.31. The number of benzene rings is 1. The summed E-state index contributed by atoms with van der Waals surface area (Å²) < 4.78 is 3.63. The maximum Gasteiger partial charge on any atom is 0.328 e. The first-order chi connectivity index (χ1) is 23.3. The van der Waals surface area contributed by atoms with Crippen LogP contribution in [-0.2, 0) is 22.7 Å². The van der Waals surface area contributed by atoms with Crippen molar-refractivity contribution in [2.75, 3.05) is 26.2 Å². The second-order valence-electron chi connectivity index (χ2n) is 11.3. The van der Waals surface area contributed by atoms with Gasteiger partial charge in [0.05, 0.1) is 18.1 Å². The number of imidazole rings is 2. The van der Waals surface area contributed by atoms with E-state index >= 15 is 0 Å². The average Bonchev–Trinajstić information content (AvgIpc) is 3.93. The molecule has 6 aromatic rings. The first-order valence-electron chi connectivity index (χ1n) is 15.4. The monoisotopic (exact) mass is 715 g/mol. The van der Waals surface area contributed by atoms with Crippen LogP contribution in [0.2, 0.25) is 0 Å². The van der Waals surface area contributed by atoms with Gasteiger partial charge in [-0.1, -0.05) is 24.3 Å². The van der Waals surface area contributed by atoms with E-state index in [1.54, 1.807) is 20.6 Å². The van der Waals surface area contributed by atoms with Gasteiger partial charge in [-0.2, -0.15) is 5.10 Å². The van der Waals surface area contributed by atoms with Crippen molar-refractivity contribution < 1.29 is 9.59 Å². The molecule has 5 aromatic heterocycles. The summed E-state index contributed by atoms with van der Waals surface area (Å²) in [7, 11) is 0. The zero-order valence-electron chi connectivity index (χ0n) is 25.6. The molecule has 0 spiro atoms. The molecule has 48 heavy (non-hydrogen) atoms. The van der Waals surface area contributed by atoms with Crippen LogP contribution in [0.25, 0.3) is 45.2 Å². The molecule has 17 nitrogen and oxygen atoms in total. The van der Waals surface area contributed by atoms with Crippen molar-refractivity contribution in [1.29, 1.82) is 0 Å². The normalized spacial score (nSPS) is 14.8.